The summed E-state index contributed by atoms with van der Waals surface area (Å²) < 4.78 is 22.9. The number of halogens is 1. The largest absolute Gasteiger partial charge is 0.326 e. The highest BCUT2D eigenvalue weighted by atomic mass is 35.5. The van der Waals surface area contributed by atoms with Gasteiger partial charge in [-0.15, -0.1) is 12.4 Å². The van der Waals surface area contributed by atoms with Crippen molar-refractivity contribution in [1.29, 1.82) is 0 Å². The Bertz CT molecular complexity index is 924. The summed E-state index contributed by atoms with van der Waals surface area (Å²) in [7, 11) is -3.82. The van der Waals surface area contributed by atoms with Gasteiger partial charge in [-0.2, -0.15) is 0 Å². The van der Waals surface area contributed by atoms with Gasteiger partial charge in [-0.3, -0.25) is 9.69 Å². The molecule has 0 radical (unpaired) electrons. The van der Waals surface area contributed by atoms with Crippen LogP contribution < -0.4 is 16.2 Å². The number of nitrogens with one attached hydrogen (secondary N) is 1. The molecule has 1 aliphatic heterocycles. The van der Waals surface area contributed by atoms with Crippen LogP contribution in [0.3, 0.4) is 0 Å². The van der Waals surface area contributed by atoms with Crippen molar-refractivity contribution in [1.82, 2.24) is 4.90 Å². The zero-order chi connectivity index (χ0) is 19.6. The van der Waals surface area contributed by atoms with Crippen LogP contribution in [-0.2, 0) is 14.8 Å². The van der Waals surface area contributed by atoms with Crippen molar-refractivity contribution in [2.75, 3.05) is 18.4 Å². The van der Waals surface area contributed by atoms with Crippen LogP contribution in [0.2, 0.25) is 0 Å². The van der Waals surface area contributed by atoms with E-state index in [0.717, 1.165) is 0 Å². The number of carbonyl (C=O) groups excluding carboxylic acids is 1. The van der Waals surface area contributed by atoms with Crippen LogP contribution >= 0.6 is 12.4 Å². The van der Waals surface area contributed by atoms with Gasteiger partial charge in [-0.05, 0) is 30.7 Å². The van der Waals surface area contributed by atoms with Crippen LogP contribution in [0.25, 0.3) is 0 Å². The maximum absolute atomic E-state index is 12.6. The molecule has 0 bridgehead atoms. The predicted molar refractivity (Wildman–Crippen MR) is 112 cm³/mol. The fraction of sp³-hybridized carbons (Fsp3) is 0.316. The van der Waals surface area contributed by atoms with E-state index < -0.39 is 16.1 Å². The molecule has 1 unspecified atom stereocenters. The van der Waals surface area contributed by atoms with Crippen molar-refractivity contribution in [3.63, 3.8) is 0 Å². The standard InChI is InChI=1S/C19H24N4O3S.ClH/c1-13(19(24)22-15-8-5-9-16(10-15)27(21,25)26)23-11-17(18(20)12-23)14-6-3-2-4-7-14;/h2-10,13,17-18H,11-12,20H2,1H3,(H,22,24)(H2,21,25,26);1H/t13?,17-,18+;/m0./s1. The molecule has 1 heterocycles. The van der Waals surface area contributed by atoms with Crippen LogP contribution in [-0.4, -0.2) is 44.4 Å². The number of nitrogens with two attached hydrogens (primary N) is 2. The minimum atomic E-state index is -3.82. The van der Waals surface area contributed by atoms with E-state index >= 15 is 0 Å². The third-order valence-electron chi connectivity index (χ3n) is 4.98. The molecule has 0 saturated carbocycles. The summed E-state index contributed by atoms with van der Waals surface area (Å²) in [5, 5.41) is 7.90. The van der Waals surface area contributed by atoms with E-state index in [1.807, 2.05) is 30.0 Å². The van der Waals surface area contributed by atoms with Gasteiger partial charge in [0, 0.05) is 30.7 Å². The Hall–Kier alpha value is -1.97. The molecule has 0 aliphatic carbocycles. The van der Waals surface area contributed by atoms with Crippen molar-refractivity contribution in [2.24, 2.45) is 10.9 Å². The third-order valence-corrected chi connectivity index (χ3v) is 5.89. The second-order valence-electron chi connectivity index (χ2n) is 6.87. The Balaban J connectivity index is 0.00000280. The molecule has 2 aromatic carbocycles. The summed E-state index contributed by atoms with van der Waals surface area (Å²) in [6.45, 7) is 3.13. The molecule has 28 heavy (non-hydrogen) atoms. The van der Waals surface area contributed by atoms with Gasteiger partial charge in [-0.25, -0.2) is 13.6 Å². The SMILES string of the molecule is CC(C(=O)Nc1cccc(S(N)(=O)=O)c1)N1C[C@@H](N)[C@H](c2ccccc2)C1.Cl. The summed E-state index contributed by atoms with van der Waals surface area (Å²) in [4.78, 5) is 14.6. The lowest BCUT2D eigenvalue weighted by Crippen LogP contribution is -2.41. The summed E-state index contributed by atoms with van der Waals surface area (Å²) in [6.07, 6.45) is 0. The molecule has 9 heteroatoms. The van der Waals surface area contributed by atoms with Gasteiger partial charge < -0.3 is 11.1 Å². The molecular weight excluding hydrogens is 400 g/mol. The number of anilines is 1. The van der Waals surface area contributed by atoms with Gasteiger partial charge in [0.15, 0.2) is 0 Å². The molecule has 1 fully saturated rings. The lowest BCUT2D eigenvalue weighted by Gasteiger charge is -2.23. The van der Waals surface area contributed by atoms with E-state index in [4.69, 9.17) is 10.9 Å². The van der Waals surface area contributed by atoms with Crippen LogP contribution in [0.15, 0.2) is 59.5 Å². The summed E-state index contributed by atoms with van der Waals surface area (Å²) in [5.74, 6) is -0.0466. The fourth-order valence-corrected chi connectivity index (χ4v) is 3.95. The number of primary sulfonamides is 1. The topological polar surface area (TPSA) is 119 Å². The van der Waals surface area contributed by atoms with Gasteiger partial charge in [0.25, 0.3) is 0 Å². The molecule has 7 nitrogen and oxygen atoms in total. The molecule has 3 atom stereocenters. The summed E-state index contributed by atoms with van der Waals surface area (Å²) in [5.41, 5.74) is 7.86. The molecule has 152 valence electrons. The van der Waals surface area contributed by atoms with E-state index in [9.17, 15) is 13.2 Å². The molecule has 1 saturated heterocycles. The first-order valence-corrected chi connectivity index (χ1v) is 10.3. The van der Waals surface area contributed by atoms with Crippen LogP contribution in [0.4, 0.5) is 5.69 Å². The molecule has 2 aromatic rings. The quantitative estimate of drug-likeness (QED) is 0.672. The molecule has 0 aromatic heterocycles. The Labute approximate surface area is 171 Å². The van der Waals surface area contributed by atoms with Crippen molar-refractivity contribution in [2.45, 2.75) is 29.8 Å². The van der Waals surface area contributed by atoms with E-state index in [0.29, 0.717) is 18.8 Å². The zero-order valence-electron chi connectivity index (χ0n) is 15.5. The highest BCUT2D eigenvalue weighted by Crippen LogP contribution is 2.28. The fourth-order valence-electron chi connectivity index (χ4n) is 3.39. The highest BCUT2D eigenvalue weighted by Gasteiger charge is 2.35. The first kappa shape index (κ1) is 22.3. The first-order chi connectivity index (χ1) is 12.8. The summed E-state index contributed by atoms with van der Waals surface area (Å²) in [6, 6.07) is 15.5. The van der Waals surface area contributed by atoms with Crippen molar-refractivity contribution in [3.8, 4) is 0 Å². The maximum Gasteiger partial charge on any atom is 0.241 e. The minimum Gasteiger partial charge on any atom is -0.326 e. The zero-order valence-corrected chi connectivity index (χ0v) is 17.1. The smallest absolute Gasteiger partial charge is 0.241 e. The Morgan fingerprint density at radius 3 is 2.46 bits per heavy atom. The number of hydrogen-bond donors (Lipinski definition) is 3. The minimum absolute atomic E-state index is 0. The Morgan fingerprint density at radius 2 is 1.82 bits per heavy atom. The van der Waals surface area contributed by atoms with E-state index in [-0.39, 0.29) is 35.2 Å². The molecule has 1 aliphatic rings. The Morgan fingerprint density at radius 1 is 1.14 bits per heavy atom. The number of likely N-dealkylation sites (tertiary alicyclic amines) is 1. The average Bonchev–Trinajstić information content (AvgIpc) is 3.03. The predicted octanol–water partition coefficient (Wildman–Crippen LogP) is 1.51. The lowest BCUT2D eigenvalue weighted by atomic mass is 9.95. The number of sulfonamides is 1. The van der Waals surface area contributed by atoms with Crippen molar-refractivity contribution < 1.29 is 13.2 Å². The van der Waals surface area contributed by atoms with E-state index in [2.05, 4.69) is 17.4 Å². The molecular formula is C19H25ClN4O3S. The third kappa shape index (κ3) is 5.09. The van der Waals surface area contributed by atoms with Crippen LogP contribution in [0, 0.1) is 0 Å². The second kappa shape index (κ2) is 9.02. The van der Waals surface area contributed by atoms with Crippen molar-refractivity contribution in [3.05, 3.63) is 60.2 Å². The lowest BCUT2D eigenvalue weighted by molar-refractivity contribution is -0.120. The molecule has 5 N–H and O–H groups in total. The van der Waals surface area contributed by atoms with Gasteiger partial charge in [0.05, 0.1) is 10.9 Å². The van der Waals surface area contributed by atoms with Crippen LogP contribution in [0.1, 0.15) is 18.4 Å². The monoisotopic (exact) mass is 424 g/mol. The first-order valence-electron chi connectivity index (χ1n) is 8.74. The average molecular weight is 425 g/mol. The number of carbonyl (C=O) groups is 1. The van der Waals surface area contributed by atoms with Gasteiger partial charge in [0.2, 0.25) is 15.9 Å². The van der Waals surface area contributed by atoms with E-state index in [1.165, 1.54) is 23.8 Å². The second-order valence-corrected chi connectivity index (χ2v) is 8.43. The van der Waals surface area contributed by atoms with Crippen molar-refractivity contribution >= 4 is 34.0 Å². The molecule has 3 rings (SSSR count). The summed E-state index contributed by atoms with van der Waals surface area (Å²) >= 11 is 0. The molecule has 0 spiro atoms. The highest BCUT2D eigenvalue weighted by molar-refractivity contribution is 7.89. The van der Waals surface area contributed by atoms with Crippen LogP contribution in [0.5, 0.6) is 0 Å². The number of amides is 1. The maximum atomic E-state index is 12.6. The normalized spacial score (nSPS) is 21.0. The van der Waals surface area contributed by atoms with Gasteiger partial charge >= 0.3 is 0 Å². The Kier molecular flexibility index (Phi) is 7.19. The van der Waals surface area contributed by atoms with Gasteiger partial charge in [0.1, 0.15) is 0 Å². The number of hydrogen-bond acceptors (Lipinski definition) is 5. The number of rotatable bonds is 5. The van der Waals surface area contributed by atoms with Gasteiger partial charge in [-0.1, -0.05) is 36.4 Å². The van der Waals surface area contributed by atoms with E-state index in [1.54, 1.807) is 6.07 Å². The molecule has 1 amide bonds. The number of nitrogens with zero attached hydrogens (tertiary/aromatic N) is 1. The number of benzene rings is 2.